The molecule has 0 spiro atoms. The minimum Gasteiger partial charge on any atom is -0.324 e. The van der Waals surface area contributed by atoms with E-state index in [9.17, 15) is 10.1 Å². The molecule has 5 heteroatoms. The molecule has 2 aromatic rings. The maximum Gasteiger partial charge on any atom is 0.269 e. The Morgan fingerprint density at radius 2 is 1.95 bits per heavy atom. The van der Waals surface area contributed by atoms with Crippen LogP contribution in [0.25, 0.3) is 0 Å². The fourth-order valence-corrected chi connectivity index (χ4v) is 2.93. The zero-order chi connectivity index (χ0) is 15.2. The molecule has 0 aliphatic carbocycles. The molecule has 0 saturated carbocycles. The van der Waals surface area contributed by atoms with Crippen LogP contribution in [0.4, 0.5) is 5.69 Å². The third-order valence-corrected chi connectivity index (χ3v) is 4.19. The van der Waals surface area contributed by atoms with Crippen LogP contribution in [0.3, 0.4) is 0 Å². The van der Waals surface area contributed by atoms with E-state index in [4.69, 9.17) is 5.73 Å². The minimum absolute atomic E-state index is 0.0419. The zero-order valence-corrected chi connectivity index (χ0v) is 12.7. The SMILES string of the molecule is CC(N)c1cccc(SCCc2ccc([N+](=O)[O-])cc2)c1. The van der Waals surface area contributed by atoms with Gasteiger partial charge in [-0.3, -0.25) is 10.1 Å². The van der Waals surface area contributed by atoms with Crippen LogP contribution >= 0.6 is 11.8 Å². The number of nitrogens with zero attached hydrogens (tertiary/aromatic N) is 1. The lowest BCUT2D eigenvalue weighted by atomic mass is 10.1. The lowest BCUT2D eigenvalue weighted by molar-refractivity contribution is -0.384. The van der Waals surface area contributed by atoms with Crippen LogP contribution in [0.15, 0.2) is 53.4 Å². The first-order valence-electron chi connectivity index (χ1n) is 6.78. The van der Waals surface area contributed by atoms with Crippen molar-refractivity contribution in [2.75, 3.05) is 5.75 Å². The molecule has 110 valence electrons. The van der Waals surface area contributed by atoms with Crippen LogP contribution in [0.5, 0.6) is 0 Å². The lowest BCUT2D eigenvalue weighted by Crippen LogP contribution is -2.04. The predicted molar refractivity (Wildman–Crippen MR) is 86.6 cm³/mol. The van der Waals surface area contributed by atoms with Crippen molar-refractivity contribution in [1.82, 2.24) is 0 Å². The van der Waals surface area contributed by atoms with E-state index in [1.165, 1.54) is 4.90 Å². The summed E-state index contributed by atoms with van der Waals surface area (Å²) in [5, 5.41) is 10.6. The molecule has 1 unspecified atom stereocenters. The molecule has 2 rings (SSSR count). The van der Waals surface area contributed by atoms with Crippen molar-refractivity contribution in [1.29, 1.82) is 0 Å². The first kappa shape index (κ1) is 15.5. The average molecular weight is 302 g/mol. The summed E-state index contributed by atoms with van der Waals surface area (Å²) >= 11 is 1.77. The monoisotopic (exact) mass is 302 g/mol. The van der Waals surface area contributed by atoms with Crippen LogP contribution < -0.4 is 5.73 Å². The standard InChI is InChI=1S/C16H18N2O2S/c1-12(17)14-3-2-4-16(11-14)21-10-9-13-5-7-15(8-6-13)18(19)20/h2-8,11-12H,9-10,17H2,1H3. The van der Waals surface area contributed by atoms with Gasteiger partial charge in [-0.25, -0.2) is 0 Å². The minimum atomic E-state index is -0.377. The molecule has 0 aromatic heterocycles. The molecule has 0 fully saturated rings. The summed E-state index contributed by atoms with van der Waals surface area (Å²) in [6.45, 7) is 1.97. The van der Waals surface area contributed by atoms with Crippen LogP contribution in [0, 0.1) is 10.1 Å². The Hall–Kier alpha value is -1.85. The van der Waals surface area contributed by atoms with Crippen molar-refractivity contribution >= 4 is 17.4 Å². The van der Waals surface area contributed by atoms with Crippen molar-refractivity contribution in [2.45, 2.75) is 24.3 Å². The number of nitro groups is 1. The van der Waals surface area contributed by atoms with E-state index < -0.39 is 0 Å². The van der Waals surface area contributed by atoms with Crippen LogP contribution in [-0.2, 0) is 6.42 Å². The summed E-state index contributed by atoms with van der Waals surface area (Å²) < 4.78 is 0. The van der Waals surface area contributed by atoms with E-state index in [2.05, 4.69) is 12.1 Å². The van der Waals surface area contributed by atoms with Gasteiger partial charge < -0.3 is 5.73 Å². The number of thioether (sulfide) groups is 1. The van der Waals surface area contributed by atoms with E-state index >= 15 is 0 Å². The van der Waals surface area contributed by atoms with Crippen molar-refractivity contribution in [3.8, 4) is 0 Å². The second kappa shape index (κ2) is 7.24. The van der Waals surface area contributed by atoms with Gasteiger partial charge in [-0.15, -0.1) is 11.8 Å². The zero-order valence-electron chi connectivity index (χ0n) is 11.9. The normalized spacial score (nSPS) is 12.1. The van der Waals surface area contributed by atoms with Crippen LogP contribution in [-0.4, -0.2) is 10.7 Å². The molecule has 0 saturated heterocycles. The number of hydrogen-bond acceptors (Lipinski definition) is 4. The third kappa shape index (κ3) is 4.58. The molecule has 0 aliphatic rings. The molecule has 1 atom stereocenters. The summed E-state index contributed by atoms with van der Waals surface area (Å²) in [7, 11) is 0. The highest BCUT2D eigenvalue weighted by Crippen LogP contribution is 2.23. The second-order valence-electron chi connectivity index (χ2n) is 4.88. The lowest BCUT2D eigenvalue weighted by Gasteiger charge is -2.08. The number of benzene rings is 2. The van der Waals surface area contributed by atoms with Gasteiger partial charge in [0.2, 0.25) is 0 Å². The largest absolute Gasteiger partial charge is 0.324 e. The topological polar surface area (TPSA) is 69.2 Å². The van der Waals surface area contributed by atoms with Crippen molar-refractivity contribution < 1.29 is 4.92 Å². The Labute approximate surface area is 128 Å². The molecular formula is C16H18N2O2S. The molecule has 0 radical (unpaired) electrons. The molecule has 0 heterocycles. The maximum atomic E-state index is 10.6. The molecule has 0 aliphatic heterocycles. The number of aryl methyl sites for hydroxylation is 1. The van der Waals surface area contributed by atoms with Gasteiger partial charge in [-0.2, -0.15) is 0 Å². The Bertz CT molecular complexity index is 612. The number of nitro benzene ring substituents is 1. The van der Waals surface area contributed by atoms with E-state index in [1.807, 2.05) is 31.2 Å². The summed E-state index contributed by atoms with van der Waals surface area (Å²) in [6, 6.07) is 15.0. The van der Waals surface area contributed by atoms with Gasteiger partial charge in [0.15, 0.2) is 0 Å². The highest BCUT2D eigenvalue weighted by Gasteiger charge is 2.04. The summed E-state index contributed by atoms with van der Waals surface area (Å²) in [5.74, 6) is 0.931. The van der Waals surface area contributed by atoms with E-state index in [1.54, 1.807) is 23.9 Å². The van der Waals surface area contributed by atoms with Crippen molar-refractivity contribution in [3.05, 3.63) is 69.8 Å². The van der Waals surface area contributed by atoms with Crippen LogP contribution in [0.1, 0.15) is 24.1 Å². The first-order chi connectivity index (χ1) is 10.1. The van der Waals surface area contributed by atoms with Gasteiger partial charge in [0.05, 0.1) is 4.92 Å². The quantitative estimate of drug-likeness (QED) is 0.498. The predicted octanol–water partition coefficient (Wildman–Crippen LogP) is 3.95. The highest BCUT2D eigenvalue weighted by atomic mass is 32.2. The maximum absolute atomic E-state index is 10.6. The van der Waals surface area contributed by atoms with Crippen molar-refractivity contribution in [3.63, 3.8) is 0 Å². The van der Waals surface area contributed by atoms with E-state index in [0.29, 0.717) is 0 Å². The number of nitrogens with two attached hydrogens (primary N) is 1. The van der Waals surface area contributed by atoms with Crippen LogP contribution in [0.2, 0.25) is 0 Å². The smallest absolute Gasteiger partial charge is 0.269 e. The van der Waals surface area contributed by atoms with E-state index in [0.717, 1.165) is 23.3 Å². The van der Waals surface area contributed by atoms with Gasteiger partial charge in [0.25, 0.3) is 5.69 Å². The first-order valence-corrected chi connectivity index (χ1v) is 7.76. The number of hydrogen-bond donors (Lipinski definition) is 1. The number of rotatable bonds is 6. The molecule has 2 N–H and O–H groups in total. The molecule has 4 nitrogen and oxygen atoms in total. The second-order valence-corrected chi connectivity index (χ2v) is 6.05. The summed E-state index contributed by atoms with van der Waals surface area (Å²) in [6.07, 6.45) is 0.880. The Kier molecular flexibility index (Phi) is 5.36. The average Bonchev–Trinajstić information content (AvgIpc) is 2.48. The molecule has 2 aromatic carbocycles. The Morgan fingerprint density at radius 3 is 2.57 bits per heavy atom. The molecular weight excluding hydrogens is 284 g/mol. The number of non-ortho nitro benzene ring substituents is 1. The summed E-state index contributed by atoms with van der Waals surface area (Å²) in [5.41, 5.74) is 8.25. The fraction of sp³-hybridized carbons (Fsp3) is 0.250. The Balaban J connectivity index is 1.89. The van der Waals surface area contributed by atoms with Gasteiger partial charge >= 0.3 is 0 Å². The van der Waals surface area contributed by atoms with E-state index in [-0.39, 0.29) is 16.7 Å². The van der Waals surface area contributed by atoms with Gasteiger partial charge in [0, 0.05) is 28.8 Å². The third-order valence-electron chi connectivity index (χ3n) is 3.19. The fourth-order valence-electron chi connectivity index (χ4n) is 1.96. The van der Waals surface area contributed by atoms with Gasteiger partial charge in [-0.1, -0.05) is 24.3 Å². The molecule has 0 bridgehead atoms. The highest BCUT2D eigenvalue weighted by molar-refractivity contribution is 7.99. The molecule has 0 amide bonds. The van der Waals surface area contributed by atoms with Gasteiger partial charge in [-0.05, 0) is 36.6 Å². The van der Waals surface area contributed by atoms with Crippen molar-refractivity contribution in [2.24, 2.45) is 5.73 Å². The molecule has 21 heavy (non-hydrogen) atoms. The summed E-state index contributed by atoms with van der Waals surface area (Å²) in [4.78, 5) is 11.4. The Morgan fingerprint density at radius 1 is 1.24 bits per heavy atom. The van der Waals surface area contributed by atoms with Gasteiger partial charge in [0.1, 0.15) is 0 Å².